The van der Waals surface area contributed by atoms with Gasteiger partial charge in [-0.1, -0.05) is 31.4 Å². The van der Waals surface area contributed by atoms with Crippen molar-refractivity contribution in [2.75, 3.05) is 0 Å². The molecule has 6 radical (unpaired) electrons. The van der Waals surface area contributed by atoms with Crippen LogP contribution in [0.4, 0.5) is 30.7 Å². The molecule has 45 heavy (non-hydrogen) atoms. The van der Waals surface area contributed by atoms with Crippen molar-refractivity contribution in [2.45, 2.75) is 69.1 Å². The Hall–Kier alpha value is -3.84. The second-order valence-corrected chi connectivity index (χ2v) is 10.8. The van der Waals surface area contributed by atoms with Crippen molar-refractivity contribution >= 4 is 23.5 Å². The van der Waals surface area contributed by atoms with Crippen molar-refractivity contribution < 1.29 is 30.7 Å². The van der Waals surface area contributed by atoms with E-state index in [1.165, 1.54) is 18.2 Å². The molecule has 0 saturated heterocycles. The highest BCUT2D eigenvalue weighted by Gasteiger charge is 2.41. The van der Waals surface area contributed by atoms with Gasteiger partial charge in [0.2, 0.25) is 0 Å². The smallest absolute Gasteiger partial charge is 0.280 e. The van der Waals surface area contributed by atoms with Gasteiger partial charge in [-0.05, 0) is 66.8 Å². The molecule has 3 heterocycles. The summed E-state index contributed by atoms with van der Waals surface area (Å²) in [6.07, 6.45) is -4.17. The van der Waals surface area contributed by atoms with Crippen LogP contribution in [-0.4, -0.2) is 48.1 Å². The summed E-state index contributed by atoms with van der Waals surface area (Å²) in [4.78, 5) is 17.1. The van der Waals surface area contributed by atoms with E-state index in [0.29, 0.717) is 17.5 Å². The Morgan fingerprint density at radius 2 is 1.62 bits per heavy atom. The summed E-state index contributed by atoms with van der Waals surface area (Å²) < 4.78 is 95.9. The standard InChI is InChI=1S/C22H18B3F6N5O.C7H7F/c23-22(24,25)36-18(21(29,30)31)14(10-33-36)16-9-13(12-5-2-1-3-6-12)19(37)35(34-16)11-17-15(20(26,27)28)7-4-8-32-17;1-6-3-2-4-7(8)5-6/h4,7-10,12H,1-3,5-6,11H2;2-5H,1H3. The minimum absolute atomic E-state index is 0.148. The Labute approximate surface area is 258 Å². The lowest BCUT2D eigenvalue weighted by atomic mass is 9.49. The molecule has 0 N–H and O–H groups in total. The number of nitrogens with zero attached hydrogens (tertiary/aromatic N) is 5. The van der Waals surface area contributed by atoms with E-state index in [1.54, 1.807) is 6.07 Å². The molecule has 1 fully saturated rings. The zero-order chi connectivity index (χ0) is 33.2. The highest BCUT2D eigenvalue weighted by Crippen LogP contribution is 2.39. The first-order valence-electron chi connectivity index (χ1n) is 13.8. The molecule has 3 aromatic heterocycles. The van der Waals surface area contributed by atoms with Gasteiger partial charge < -0.3 is 0 Å². The third kappa shape index (κ3) is 8.26. The molecule has 0 atom stereocenters. The predicted octanol–water partition coefficient (Wildman–Crippen LogP) is 5.84. The first-order valence-corrected chi connectivity index (χ1v) is 13.8. The lowest BCUT2D eigenvalue weighted by Crippen LogP contribution is -2.39. The summed E-state index contributed by atoms with van der Waals surface area (Å²) in [6, 6.07) is 9.62. The summed E-state index contributed by atoms with van der Waals surface area (Å²) in [6.45, 7) is 1.15. The van der Waals surface area contributed by atoms with E-state index in [0.717, 1.165) is 49.4 Å². The summed E-state index contributed by atoms with van der Waals surface area (Å²) in [5, 5.41) is 5.08. The Balaban J connectivity index is 0.000000501. The van der Waals surface area contributed by atoms with Crippen LogP contribution in [0, 0.1) is 12.7 Å². The second-order valence-electron chi connectivity index (χ2n) is 10.8. The maximum Gasteiger partial charge on any atom is 0.433 e. The zero-order valence-corrected chi connectivity index (χ0v) is 24.0. The molecular weight excluding hydrogens is 600 g/mol. The van der Waals surface area contributed by atoms with Crippen molar-refractivity contribution in [1.82, 2.24) is 24.5 Å². The monoisotopic (exact) mass is 625 g/mol. The first-order chi connectivity index (χ1) is 21.0. The van der Waals surface area contributed by atoms with Gasteiger partial charge in [0.1, 0.15) is 11.5 Å². The SMILES string of the molecule is Cc1cccc(F)c1.[B]C([B])([B])n1ncc(-c2cc(C3CCCCC3)c(=O)n(Cc3ncccc3C(F)(F)F)n2)c1C(F)(F)F. The number of hydrogen-bond donors (Lipinski definition) is 0. The number of benzene rings is 1. The van der Waals surface area contributed by atoms with E-state index in [4.69, 9.17) is 23.5 Å². The topological polar surface area (TPSA) is 65.6 Å². The average molecular weight is 625 g/mol. The van der Waals surface area contributed by atoms with Crippen molar-refractivity contribution in [2.24, 2.45) is 0 Å². The summed E-state index contributed by atoms with van der Waals surface area (Å²) in [7, 11) is 16.4. The molecule has 0 aliphatic heterocycles. The normalized spacial score (nSPS) is 14.6. The fourth-order valence-electron chi connectivity index (χ4n) is 5.18. The number of rotatable bonds is 5. The molecule has 1 aliphatic carbocycles. The Kier molecular flexibility index (Phi) is 10.0. The largest absolute Gasteiger partial charge is 0.433 e. The van der Waals surface area contributed by atoms with Gasteiger partial charge >= 0.3 is 12.4 Å². The van der Waals surface area contributed by atoms with Crippen LogP contribution in [0.1, 0.15) is 66.1 Å². The predicted molar refractivity (Wildman–Crippen MR) is 155 cm³/mol. The third-order valence-corrected chi connectivity index (χ3v) is 7.20. The molecule has 1 aliphatic rings. The van der Waals surface area contributed by atoms with Crippen LogP contribution in [0.2, 0.25) is 0 Å². The van der Waals surface area contributed by atoms with Crippen LogP contribution in [0.3, 0.4) is 0 Å². The fraction of sp³-hybridized carbons (Fsp3) is 0.379. The summed E-state index contributed by atoms with van der Waals surface area (Å²) in [5.41, 5.74) is -3.53. The number of aryl methyl sites for hydroxylation is 1. The van der Waals surface area contributed by atoms with Gasteiger partial charge in [-0.3, -0.25) is 14.5 Å². The molecule has 6 nitrogen and oxygen atoms in total. The molecule has 0 unspecified atom stereocenters. The molecule has 0 spiro atoms. The highest BCUT2D eigenvalue weighted by atomic mass is 19.4. The van der Waals surface area contributed by atoms with Crippen molar-refractivity contribution in [3.63, 3.8) is 0 Å². The number of alkyl halides is 6. The third-order valence-electron chi connectivity index (χ3n) is 7.20. The fourth-order valence-corrected chi connectivity index (χ4v) is 5.18. The number of hydrogen-bond acceptors (Lipinski definition) is 4. The van der Waals surface area contributed by atoms with Crippen LogP contribution in [0.25, 0.3) is 11.3 Å². The van der Waals surface area contributed by atoms with Crippen LogP contribution in [-0.2, 0) is 24.1 Å². The van der Waals surface area contributed by atoms with Crippen molar-refractivity contribution in [1.29, 1.82) is 0 Å². The van der Waals surface area contributed by atoms with E-state index in [2.05, 4.69) is 15.2 Å². The van der Waals surface area contributed by atoms with Crippen LogP contribution in [0.15, 0.2) is 59.7 Å². The van der Waals surface area contributed by atoms with Gasteiger partial charge in [-0.25, -0.2) is 9.07 Å². The molecule has 1 aromatic carbocycles. The lowest BCUT2D eigenvalue weighted by Gasteiger charge is -2.26. The number of halogens is 7. The molecule has 16 heteroatoms. The lowest BCUT2D eigenvalue weighted by molar-refractivity contribution is -0.143. The second kappa shape index (κ2) is 13.3. The van der Waals surface area contributed by atoms with E-state index in [9.17, 15) is 35.5 Å². The van der Waals surface area contributed by atoms with E-state index < -0.39 is 52.2 Å². The molecule has 4 aromatic rings. The molecule has 0 bridgehead atoms. The Morgan fingerprint density at radius 3 is 2.18 bits per heavy atom. The summed E-state index contributed by atoms with van der Waals surface area (Å²) in [5.74, 6) is -0.466. The van der Waals surface area contributed by atoms with Crippen molar-refractivity contribution in [3.05, 3.63) is 99.1 Å². The maximum absolute atomic E-state index is 14.1. The maximum atomic E-state index is 14.1. The molecule has 0 amide bonds. The van der Waals surface area contributed by atoms with Gasteiger partial charge in [0, 0.05) is 11.8 Å². The quantitative estimate of drug-likeness (QED) is 0.207. The van der Waals surface area contributed by atoms with Gasteiger partial charge in [0.15, 0.2) is 0 Å². The van der Waals surface area contributed by atoms with E-state index in [-0.39, 0.29) is 27.7 Å². The minimum Gasteiger partial charge on any atom is -0.280 e. The number of aromatic nitrogens is 5. The van der Waals surface area contributed by atoms with Crippen LogP contribution in [0.5, 0.6) is 0 Å². The van der Waals surface area contributed by atoms with Gasteiger partial charge in [0.25, 0.3) is 5.56 Å². The van der Waals surface area contributed by atoms with Gasteiger partial charge in [0.05, 0.1) is 58.8 Å². The molecule has 5 rings (SSSR count). The zero-order valence-electron chi connectivity index (χ0n) is 24.0. The summed E-state index contributed by atoms with van der Waals surface area (Å²) >= 11 is 0. The molecule has 230 valence electrons. The van der Waals surface area contributed by atoms with Crippen LogP contribution < -0.4 is 5.56 Å². The highest BCUT2D eigenvalue weighted by molar-refractivity contribution is 6.56. The number of pyridine rings is 1. The average Bonchev–Trinajstić information content (AvgIpc) is 3.42. The molecular formula is C29H25B3F7N5O. The van der Waals surface area contributed by atoms with Gasteiger partial charge in [-0.2, -0.15) is 36.5 Å². The van der Waals surface area contributed by atoms with Crippen LogP contribution >= 0.6 is 0 Å². The van der Waals surface area contributed by atoms with Gasteiger partial charge in [-0.15, -0.1) is 0 Å². The Bertz CT molecular complexity index is 1670. The first kappa shape index (κ1) is 34.0. The Morgan fingerprint density at radius 1 is 0.933 bits per heavy atom. The molecule has 1 saturated carbocycles. The van der Waals surface area contributed by atoms with Crippen molar-refractivity contribution in [3.8, 4) is 11.3 Å². The minimum atomic E-state index is -5.03. The van der Waals surface area contributed by atoms with E-state index >= 15 is 0 Å². The van der Waals surface area contributed by atoms with E-state index in [1.807, 2.05) is 13.0 Å².